The number of hydrogen-bond donors (Lipinski definition) is 1. The predicted molar refractivity (Wildman–Crippen MR) is 86.1 cm³/mol. The van der Waals surface area contributed by atoms with E-state index in [9.17, 15) is 9.59 Å². The number of rotatable bonds is 5. The quantitative estimate of drug-likeness (QED) is 0.850. The minimum absolute atomic E-state index is 0.0653. The van der Waals surface area contributed by atoms with Crippen LogP contribution in [0.2, 0.25) is 0 Å². The van der Waals surface area contributed by atoms with Gasteiger partial charge in [0.1, 0.15) is 5.82 Å². The lowest BCUT2D eigenvalue weighted by molar-refractivity contribution is -0.140. The number of hydrogen-bond acceptors (Lipinski definition) is 3. The SMILES string of the molecule is CCN(CC)C(=O)C1CC=CCC1C(=O)Nc1ccccn1. The summed E-state index contributed by atoms with van der Waals surface area (Å²) in [6, 6.07) is 5.37. The van der Waals surface area contributed by atoms with Crippen molar-refractivity contribution in [2.24, 2.45) is 11.8 Å². The molecular weight excluding hydrogens is 278 g/mol. The molecule has 0 saturated heterocycles. The van der Waals surface area contributed by atoms with Gasteiger partial charge >= 0.3 is 0 Å². The number of anilines is 1. The predicted octanol–water partition coefficient (Wildman–Crippen LogP) is 2.47. The van der Waals surface area contributed by atoms with Crippen molar-refractivity contribution in [3.8, 4) is 0 Å². The third kappa shape index (κ3) is 3.72. The summed E-state index contributed by atoms with van der Waals surface area (Å²) in [7, 11) is 0. The molecule has 5 nitrogen and oxygen atoms in total. The molecule has 1 aliphatic carbocycles. The summed E-state index contributed by atoms with van der Waals surface area (Å²) < 4.78 is 0. The minimum Gasteiger partial charge on any atom is -0.343 e. The van der Waals surface area contributed by atoms with Crippen molar-refractivity contribution in [3.05, 3.63) is 36.5 Å². The molecule has 2 rings (SSSR count). The molecule has 0 bridgehead atoms. The Labute approximate surface area is 131 Å². The summed E-state index contributed by atoms with van der Waals surface area (Å²) in [4.78, 5) is 31.1. The molecule has 0 aromatic carbocycles. The number of nitrogens with one attached hydrogen (secondary N) is 1. The van der Waals surface area contributed by atoms with Gasteiger partial charge in [0.2, 0.25) is 11.8 Å². The van der Waals surface area contributed by atoms with Crippen LogP contribution in [0.15, 0.2) is 36.5 Å². The summed E-state index contributed by atoms with van der Waals surface area (Å²) in [5, 5.41) is 2.82. The Balaban J connectivity index is 2.11. The maximum atomic E-state index is 12.6. The van der Waals surface area contributed by atoms with Crippen molar-refractivity contribution >= 4 is 17.6 Å². The third-order valence-electron chi connectivity index (χ3n) is 4.08. The first-order chi connectivity index (χ1) is 10.7. The van der Waals surface area contributed by atoms with Crippen molar-refractivity contribution in [3.63, 3.8) is 0 Å². The first-order valence-electron chi connectivity index (χ1n) is 7.83. The molecule has 1 N–H and O–H groups in total. The van der Waals surface area contributed by atoms with E-state index in [1.165, 1.54) is 0 Å². The van der Waals surface area contributed by atoms with Crippen molar-refractivity contribution in [2.45, 2.75) is 26.7 Å². The second kappa shape index (κ2) is 7.73. The number of amides is 2. The summed E-state index contributed by atoms with van der Waals surface area (Å²) in [6.07, 6.45) is 6.83. The molecular formula is C17H23N3O2. The standard InChI is InChI=1S/C17H23N3O2/c1-3-20(4-2)17(22)14-10-6-5-9-13(14)16(21)19-15-11-7-8-12-18-15/h5-8,11-14H,3-4,9-10H2,1-2H3,(H,18,19,21). The highest BCUT2D eigenvalue weighted by molar-refractivity contribution is 5.95. The van der Waals surface area contributed by atoms with Crippen LogP contribution in [0, 0.1) is 11.8 Å². The fourth-order valence-corrected chi connectivity index (χ4v) is 2.80. The lowest BCUT2D eigenvalue weighted by Gasteiger charge is -2.31. The Bertz CT molecular complexity index is 538. The van der Waals surface area contributed by atoms with Crippen LogP contribution in [0.3, 0.4) is 0 Å². The molecule has 0 fully saturated rings. The van der Waals surface area contributed by atoms with Crippen molar-refractivity contribution < 1.29 is 9.59 Å². The van der Waals surface area contributed by atoms with Crippen LogP contribution in [0.1, 0.15) is 26.7 Å². The van der Waals surface area contributed by atoms with Crippen LogP contribution in [-0.4, -0.2) is 34.8 Å². The van der Waals surface area contributed by atoms with E-state index in [-0.39, 0.29) is 23.7 Å². The zero-order valence-electron chi connectivity index (χ0n) is 13.2. The van der Waals surface area contributed by atoms with Gasteiger partial charge in [-0.2, -0.15) is 0 Å². The first kappa shape index (κ1) is 16.2. The Hall–Kier alpha value is -2.17. The summed E-state index contributed by atoms with van der Waals surface area (Å²) >= 11 is 0. The molecule has 0 spiro atoms. The van der Waals surface area contributed by atoms with Gasteiger partial charge in [-0.3, -0.25) is 9.59 Å². The Kier molecular flexibility index (Phi) is 5.69. The van der Waals surface area contributed by atoms with Gasteiger partial charge in [0, 0.05) is 19.3 Å². The molecule has 2 atom stereocenters. The van der Waals surface area contributed by atoms with E-state index in [1.54, 1.807) is 23.2 Å². The van der Waals surface area contributed by atoms with Gasteiger partial charge in [-0.25, -0.2) is 4.98 Å². The topological polar surface area (TPSA) is 62.3 Å². The van der Waals surface area contributed by atoms with E-state index >= 15 is 0 Å². The number of carbonyl (C=O) groups is 2. The van der Waals surface area contributed by atoms with Gasteiger partial charge in [0.05, 0.1) is 11.8 Å². The lowest BCUT2D eigenvalue weighted by Crippen LogP contribution is -2.43. The van der Waals surface area contributed by atoms with E-state index in [0.717, 1.165) is 0 Å². The maximum Gasteiger partial charge on any atom is 0.229 e. The molecule has 22 heavy (non-hydrogen) atoms. The average molecular weight is 301 g/mol. The number of aromatic nitrogens is 1. The highest BCUT2D eigenvalue weighted by Gasteiger charge is 2.35. The highest BCUT2D eigenvalue weighted by Crippen LogP contribution is 2.28. The fraction of sp³-hybridized carbons (Fsp3) is 0.471. The molecule has 0 saturated carbocycles. The summed E-state index contributed by atoms with van der Waals surface area (Å²) in [6.45, 7) is 5.26. The molecule has 0 radical (unpaired) electrons. The van der Waals surface area contributed by atoms with Gasteiger partial charge in [0.15, 0.2) is 0 Å². The normalized spacial score (nSPS) is 20.5. The van der Waals surface area contributed by atoms with Gasteiger partial charge in [-0.15, -0.1) is 0 Å². The minimum atomic E-state index is -0.333. The summed E-state index contributed by atoms with van der Waals surface area (Å²) in [5.41, 5.74) is 0. The van der Waals surface area contributed by atoms with Crippen LogP contribution in [0.25, 0.3) is 0 Å². The molecule has 1 heterocycles. The third-order valence-corrected chi connectivity index (χ3v) is 4.08. The van der Waals surface area contributed by atoms with Gasteiger partial charge in [0.25, 0.3) is 0 Å². The Morgan fingerprint density at radius 1 is 1.18 bits per heavy atom. The van der Waals surface area contributed by atoms with E-state index in [4.69, 9.17) is 0 Å². The fourth-order valence-electron chi connectivity index (χ4n) is 2.80. The van der Waals surface area contributed by atoms with Gasteiger partial charge in [-0.05, 0) is 38.8 Å². The molecule has 2 unspecified atom stereocenters. The van der Waals surface area contributed by atoms with E-state index in [0.29, 0.717) is 31.7 Å². The first-order valence-corrected chi connectivity index (χ1v) is 7.83. The highest BCUT2D eigenvalue weighted by atomic mass is 16.2. The lowest BCUT2D eigenvalue weighted by atomic mass is 9.81. The van der Waals surface area contributed by atoms with Gasteiger partial charge in [-0.1, -0.05) is 18.2 Å². The maximum absolute atomic E-state index is 12.6. The molecule has 1 aromatic rings. The van der Waals surface area contributed by atoms with Crippen LogP contribution in [0.5, 0.6) is 0 Å². The molecule has 1 aliphatic rings. The molecule has 118 valence electrons. The van der Waals surface area contributed by atoms with Crippen molar-refractivity contribution in [1.82, 2.24) is 9.88 Å². The number of carbonyl (C=O) groups excluding carboxylic acids is 2. The zero-order valence-corrected chi connectivity index (χ0v) is 13.2. The number of pyridine rings is 1. The number of allylic oxidation sites excluding steroid dienone is 2. The average Bonchev–Trinajstić information content (AvgIpc) is 2.56. The van der Waals surface area contributed by atoms with Crippen molar-refractivity contribution in [1.29, 1.82) is 0 Å². The van der Waals surface area contributed by atoms with Crippen LogP contribution < -0.4 is 5.32 Å². The Morgan fingerprint density at radius 3 is 2.45 bits per heavy atom. The summed E-state index contributed by atoms with van der Waals surface area (Å²) in [5.74, 6) is -0.158. The van der Waals surface area contributed by atoms with E-state index in [1.807, 2.05) is 32.1 Å². The van der Waals surface area contributed by atoms with Gasteiger partial charge < -0.3 is 10.2 Å². The second-order valence-electron chi connectivity index (χ2n) is 5.37. The number of nitrogens with zero attached hydrogens (tertiary/aromatic N) is 2. The van der Waals surface area contributed by atoms with Crippen molar-refractivity contribution in [2.75, 3.05) is 18.4 Å². The molecule has 1 aromatic heterocycles. The molecule has 5 heteroatoms. The molecule has 0 aliphatic heterocycles. The van der Waals surface area contributed by atoms with Crippen LogP contribution in [0.4, 0.5) is 5.82 Å². The van der Waals surface area contributed by atoms with Crippen LogP contribution in [-0.2, 0) is 9.59 Å². The van der Waals surface area contributed by atoms with E-state index < -0.39 is 0 Å². The molecule has 2 amide bonds. The zero-order chi connectivity index (χ0) is 15.9. The second-order valence-corrected chi connectivity index (χ2v) is 5.37. The Morgan fingerprint density at radius 2 is 1.86 bits per heavy atom. The largest absolute Gasteiger partial charge is 0.343 e. The smallest absolute Gasteiger partial charge is 0.229 e. The monoisotopic (exact) mass is 301 g/mol. The van der Waals surface area contributed by atoms with Crippen LogP contribution >= 0.6 is 0 Å². The van der Waals surface area contributed by atoms with E-state index in [2.05, 4.69) is 10.3 Å².